The van der Waals surface area contributed by atoms with E-state index < -0.39 is 0 Å². The van der Waals surface area contributed by atoms with Gasteiger partial charge in [-0.05, 0) is 36.8 Å². The zero-order chi connectivity index (χ0) is 12.9. The van der Waals surface area contributed by atoms with Crippen LogP contribution in [0.25, 0.3) is 21.7 Å². The molecule has 0 aliphatic heterocycles. The topological polar surface area (TPSA) is 56.2 Å². The van der Waals surface area contributed by atoms with Crippen molar-refractivity contribution in [2.75, 3.05) is 5.73 Å². The Morgan fingerprint density at radius 3 is 2.67 bits per heavy atom. The van der Waals surface area contributed by atoms with Crippen molar-refractivity contribution < 1.29 is 4.42 Å². The second-order valence-electron chi connectivity index (χ2n) is 4.29. The van der Waals surface area contributed by atoms with Gasteiger partial charge in [0.1, 0.15) is 5.58 Å². The molecule has 0 aliphatic carbocycles. The minimum Gasteiger partial charge on any atom is -0.422 e. The van der Waals surface area contributed by atoms with Gasteiger partial charge in [-0.15, -0.1) is 0 Å². The first-order valence-corrected chi connectivity index (χ1v) is 5.86. The van der Waals surface area contributed by atoms with Crippen molar-refractivity contribution in [3.8, 4) is 0 Å². The number of benzene rings is 2. The highest BCUT2D eigenvalue weighted by Crippen LogP contribution is 2.28. The number of anilines is 1. The van der Waals surface area contributed by atoms with Gasteiger partial charge < -0.3 is 10.2 Å². The Morgan fingerprint density at radius 1 is 1.11 bits per heavy atom. The summed E-state index contributed by atoms with van der Waals surface area (Å²) in [5.41, 5.74) is 7.20. The molecule has 3 rings (SSSR count). The van der Waals surface area contributed by atoms with Gasteiger partial charge in [-0.3, -0.25) is 0 Å². The van der Waals surface area contributed by atoms with Crippen molar-refractivity contribution >= 4 is 39.0 Å². The average Bonchev–Trinajstić information content (AvgIpc) is 2.31. The van der Waals surface area contributed by atoms with Gasteiger partial charge in [-0.1, -0.05) is 11.6 Å². The molecular formula is C14H10ClNO2. The molecule has 0 saturated carbocycles. The largest absolute Gasteiger partial charge is 0.422 e. The van der Waals surface area contributed by atoms with Crippen molar-refractivity contribution in [2.24, 2.45) is 0 Å². The molecule has 0 saturated heterocycles. The van der Waals surface area contributed by atoms with Gasteiger partial charge in [0, 0.05) is 27.5 Å². The number of nitrogen functional groups attached to an aromatic ring is 1. The van der Waals surface area contributed by atoms with Crippen LogP contribution in [-0.2, 0) is 0 Å². The highest BCUT2D eigenvalue weighted by atomic mass is 35.5. The van der Waals surface area contributed by atoms with E-state index in [9.17, 15) is 4.79 Å². The third-order valence-corrected chi connectivity index (χ3v) is 3.42. The van der Waals surface area contributed by atoms with Gasteiger partial charge in [-0.2, -0.15) is 0 Å². The number of aryl methyl sites for hydroxylation is 1. The lowest BCUT2D eigenvalue weighted by Gasteiger charge is -2.05. The first-order valence-electron chi connectivity index (χ1n) is 5.48. The first kappa shape index (κ1) is 11.1. The van der Waals surface area contributed by atoms with Gasteiger partial charge in [0.25, 0.3) is 0 Å². The number of halogens is 1. The Kier molecular flexibility index (Phi) is 2.31. The smallest absolute Gasteiger partial charge is 0.344 e. The fraction of sp³-hybridized carbons (Fsp3) is 0.0714. The molecule has 1 heterocycles. The molecule has 0 bridgehead atoms. The zero-order valence-electron chi connectivity index (χ0n) is 9.66. The van der Waals surface area contributed by atoms with Crippen LogP contribution in [0.3, 0.4) is 0 Å². The van der Waals surface area contributed by atoms with Crippen molar-refractivity contribution in [2.45, 2.75) is 6.92 Å². The van der Waals surface area contributed by atoms with Crippen LogP contribution >= 0.6 is 11.6 Å². The summed E-state index contributed by atoms with van der Waals surface area (Å²) in [4.78, 5) is 11.9. The minimum absolute atomic E-state index is 0.372. The summed E-state index contributed by atoms with van der Waals surface area (Å²) in [6, 6.07) is 8.79. The summed E-state index contributed by atoms with van der Waals surface area (Å²) in [7, 11) is 0. The molecule has 0 fully saturated rings. The third-order valence-electron chi connectivity index (χ3n) is 3.02. The van der Waals surface area contributed by atoms with Crippen molar-refractivity contribution in [1.82, 2.24) is 0 Å². The van der Waals surface area contributed by atoms with Crippen molar-refractivity contribution in [3.05, 3.63) is 51.3 Å². The Hall–Kier alpha value is -2.00. The molecule has 2 N–H and O–H groups in total. The van der Waals surface area contributed by atoms with Gasteiger partial charge in [0.2, 0.25) is 0 Å². The van der Waals surface area contributed by atoms with Crippen LogP contribution in [0.15, 0.2) is 39.5 Å². The molecule has 18 heavy (non-hydrogen) atoms. The van der Waals surface area contributed by atoms with E-state index in [0.29, 0.717) is 21.7 Å². The summed E-state index contributed by atoms with van der Waals surface area (Å²) < 4.78 is 5.27. The average molecular weight is 260 g/mol. The Morgan fingerprint density at radius 2 is 1.89 bits per heavy atom. The fourth-order valence-electron chi connectivity index (χ4n) is 2.07. The van der Waals surface area contributed by atoms with Crippen molar-refractivity contribution in [3.63, 3.8) is 0 Å². The van der Waals surface area contributed by atoms with Crippen LogP contribution in [0.1, 0.15) is 5.56 Å². The molecule has 0 amide bonds. The van der Waals surface area contributed by atoms with Gasteiger partial charge in [0.15, 0.2) is 0 Å². The van der Waals surface area contributed by atoms with E-state index in [2.05, 4.69) is 0 Å². The fourth-order valence-corrected chi connectivity index (χ4v) is 2.24. The van der Waals surface area contributed by atoms with Gasteiger partial charge in [0.05, 0.1) is 5.39 Å². The second-order valence-corrected chi connectivity index (χ2v) is 4.70. The van der Waals surface area contributed by atoms with E-state index >= 15 is 0 Å². The molecule has 0 aliphatic rings. The lowest BCUT2D eigenvalue weighted by atomic mass is 10.1. The maximum atomic E-state index is 11.9. The van der Waals surface area contributed by atoms with Crippen LogP contribution in [-0.4, -0.2) is 0 Å². The first-order chi connectivity index (χ1) is 8.56. The number of hydrogen-bond donors (Lipinski definition) is 1. The van der Waals surface area contributed by atoms with Crippen LogP contribution in [0.2, 0.25) is 5.02 Å². The maximum Gasteiger partial charge on any atom is 0.344 e. The van der Waals surface area contributed by atoms with Crippen LogP contribution in [0.4, 0.5) is 5.69 Å². The van der Waals surface area contributed by atoms with E-state index in [4.69, 9.17) is 21.8 Å². The summed E-state index contributed by atoms with van der Waals surface area (Å²) in [6.45, 7) is 1.86. The maximum absolute atomic E-state index is 11.9. The summed E-state index contributed by atoms with van der Waals surface area (Å²) in [5.74, 6) is 0. The normalized spacial score (nSPS) is 11.2. The molecular weight excluding hydrogens is 250 g/mol. The molecule has 0 atom stereocenters. The van der Waals surface area contributed by atoms with E-state index in [1.807, 2.05) is 13.0 Å². The molecule has 3 aromatic rings. The molecule has 4 heteroatoms. The van der Waals surface area contributed by atoms with Crippen molar-refractivity contribution in [1.29, 1.82) is 0 Å². The molecule has 0 spiro atoms. The number of nitrogens with two attached hydrogens (primary N) is 1. The van der Waals surface area contributed by atoms with E-state index in [-0.39, 0.29) is 5.63 Å². The molecule has 2 aromatic carbocycles. The third kappa shape index (κ3) is 1.56. The second kappa shape index (κ2) is 3.75. The molecule has 3 nitrogen and oxygen atoms in total. The number of hydrogen-bond acceptors (Lipinski definition) is 3. The summed E-state index contributed by atoms with van der Waals surface area (Å²) >= 11 is 6.11. The SMILES string of the molecule is Cc1cc2c(=O)oc3cc(N)ccc3c2cc1Cl. The van der Waals surface area contributed by atoms with E-state index in [1.54, 1.807) is 24.3 Å². The summed E-state index contributed by atoms with van der Waals surface area (Å²) in [6.07, 6.45) is 0. The Balaban J connectivity index is 2.61. The molecule has 90 valence electrons. The number of fused-ring (bicyclic) bond motifs is 3. The molecule has 1 aromatic heterocycles. The Labute approximate surface area is 108 Å². The highest BCUT2D eigenvalue weighted by molar-refractivity contribution is 6.32. The lowest BCUT2D eigenvalue weighted by Crippen LogP contribution is -2.00. The van der Waals surface area contributed by atoms with E-state index in [0.717, 1.165) is 16.3 Å². The molecule has 0 radical (unpaired) electrons. The van der Waals surface area contributed by atoms with Gasteiger partial charge >= 0.3 is 5.63 Å². The standard InChI is InChI=1S/C14H10ClNO2/c1-7-4-11-10(6-12(7)15)9-3-2-8(16)5-13(9)18-14(11)17/h2-6H,16H2,1H3. The van der Waals surface area contributed by atoms with E-state index in [1.165, 1.54) is 0 Å². The quantitative estimate of drug-likeness (QED) is 0.382. The van der Waals surface area contributed by atoms with Gasteiger partial charge in [-0.25, -0.2) is 4.79 Å². The summed E-state index contributed by atoms with van der Waals surface area (Å²) in [5, 5.41) is 2.79. The minimum atomic E-state index is -0.372. The van der Waals surface area contributed by atoms with Crippen LogP contribution in [0.5, 0.6) is 0 Å². The van der Waals surface area contributed by atoms with Crippen LogP contribution in [0, 0.1) is 6.92 Å². The zero-order valence-corrected chi connectivity index (χ0v) is 10.4. The lowest BCUT2D eigenvalue weighted by molar-refractivity contribution is 0.570. The van der Waals surface area contributed by atoms with Crippen LogP contribution < -0.4 is 11.4 Å². The number of rotatable bonds is 0. The monoisotopic (exact) mass is 259 g/mol. The Bertz CT molecular complexity index is 836. The predicted molar refractivity (Wildman–Crippen MR) is 74.1 cm³/mol. The highest BCUT2D eigenvalue weighted by Gasteiger charge is 2.09. The molecule has 0 unspecified atom stereocenters. The predicted octanol–water partition coefficient (Wildman–Crippen LogP) is 3.49.